The maximum absolute atomic E-state index is 11.5. The molecule has 2 N–H and O–H groups in total. The Morgan fingerprint density at radius 3 is 2.93 bits per heavy atom. The zero-order chi connectivity index (χ0) is 11.0. The van der Waals surface area contributed by atoms with Crippen molar-refractivity contribution in [2.24, 2.45) is 10.7 Å². The van der Waals surface area contributed by atoms with Crippen molar-refractivity contribution in [1.82, 2.24) is 4.90 Å². The topological polar surface area (TPSA) is 58.7 Å². The van der Waals surface area contributed by atoms with Crippen molar-refractivity contribution in [3.63, 3.8) is 0 Å². The molecule has 1 aromatic rings. The first-order chi connectivity index (χ1) is 7.08. The van der Waals surface area contributed by atoms with Crippen molar-refractivity contribution in [1.29, 1.82) is 0 Å². The van der Waals surface area contributed by atoms with Gasteiger partial charge in [0.25, 0.3) is 0 Å². The number of halogens is 1. The molecule has 1 atom stereocenters. The molecule has 15 heavy (non-hydrogen) atoms. The molecule has 80 valence electrons. The predicted octanol–water partition coefficient (Wildman–Crippen LogP) is 1.62. The van der Waals surface area contributed by atoms with Gasteiger partial charge in [-0.25, -0.2) is 4.99 Å². The number of carbonyl (C=O) groups is 1. The first kappa shape index (κ1) is 10.4. The minimum absolute atomic E-state index is 0.0166. The molecule has 0 radical (unpaired) electrons. The van der Waals surface area contributed by atoms with E-state index >= 15 is 0 Å². The number of thiophene rings is 1. The van der Waals surface area contributed by atoms with E-state index in [1.807, 2.05) is 6.07 Å². The van der Waals surface area contributed by atoms with E-state index < -0.39 is 0 Å². The van der Waals surface area contributed by atoms with Gasteiger partial charge in [-0.15, -0.1) is 11.3 Å². The summed E-state index contributed by atoms with van der Waals surface area (Å²) in [6.45, 7) is 0. The lowest BCUT2D eigenvalue weighted by molar-refractivity contribution is -0.127. The van der Waals surface area contributed by atoms with Crippen LogP contribution in [-0.2, 0) is 4.79 Å². The van der Waals surface area contributed by atoms with Gasteiger partial charge in [-0.3, -0.25) is 9.69 Å². The third-order valence-electron chi connectivity index (χ3n) is 2.30. The van der Waals surface area contributed by atoms with Crippen LogP contribution in [0.3, 0.4) is 0 Å². The molecule has 4 nitrogen and oxygen atoms in total. The van der Waals surface area contributed by atoms with Gasteiger partial charge in [-0.1, -0.05) is 11.6 Å². The molecular weight excluding hydrogens is 234 g/mol. The van der Waals surface area contributed by atoms with Gasteiger partial charge in [0.15, 0.2) is 5.96 Å². The number of hydrogen-bond donors (Lipinski definition) is 1. The largest absolute Gasteiger partial charge is 0.369 e. The van der Waals surface area contributed by atoms with Crippen LogP contribution in [0.4, 0.5) is 0 Å². The summed E-state index contributed by atoms with van der Waals surface area (Å²) in [5.41, 5.74) is 5.63. The molecule has 0 bridgehead atoms. The van der Waals surface area contributed by atoms with Gasteiger partial charge >= 0.3 is 0 Å². The lowest BCUT2D eigenvalue weighted by Crippen LogP contribution is -2.42. The second kappa shape index (κ2) is 3.83. The molecule has 0 aromatic carbocycles. The smallest absolute Gasteiger partial charge is 0.231 e. The average Bonchev–Trinajstić information content (AvgIpc) is 2.60. The van der Waals surface area contributed by atoms with Gasteiger partial charge in [0.1, 0.15) is 0 Å². The highest BCUT2D eigenvalue weighted by atomic mass is 35.5. The highest BCUT2D eigenvalue weighted by molar-refractivity contribution is 7.16. The lowest BCUT2D eigenvalue weighted by atomic mass is 10.1. The van der Waals surface area contributed by atoms with E-state index in [9.17, 15) is 4.79 Å². The van der Waals surface area contributed by atoms with E-state index in [1.165, 1.54) is 16.2 Å². The van der Waals surface area contributed by atoms with Gasteiger partial charge in [-0.2, -0.15) is 0 Å². The monoisotopic (exact) mass is 243 g/mol. The van der Waals surface area contributed by atoms with Gasteiger partial charge in [0.05, 0.1) is 16.8 Å². The maximum Gasteiger partial charge on any atom is 0.231 e. The fourth-order valence-electron chi connectivity index (χ4n) is 1.39. The van der Waals surface area contributed by atoms with Crippen LogP contribution in [0.15, 0.2) is 17.1 Å². The van der Waals surface area contributed by atoms with E-state index in [1.54, 1.807) is 13.1 Å². The summed E-state index contributed by atoms with van der Waals surface area (Å²) in [7, 11) is 1.62. The Labute approximate surface area is 96.4 Å². The van der Waals surface area contributed by atoms with Gasteiger partial charge < -0.3 is 5.73 Å². The van der Waals surface area contributed by atoms with Crippen molar-refractivity contribution in [2.75, 3.05) is 7.05 Å². The molecule has 1 aliphatic heterocycles. The third kappa shape index (κ3) is 1.98. The summed E-state index contributed by atoms with van der Waals surface area (Å²) in [5, 5.41) is 0. The van der Waals surface area contributed by atoms with Gasteiger partial charge in [0, 0.05) is 11.9 Å². The van der Waals surface area contributed by atoms with E-state index in [0.717, 1.165) is 4.88 Å². The maximum atomic E-state index is 11.5. The van der Waals surface area contributed by atoms with Gasteiger partial charge in [0.2, 0.25) is 5.91 Å². The quantitative estimate of drug-likeness (QED) is 0.815. The molecule has 1 aliphatic rings. The number of nitrogens with two attached hydrogens (primary N) is 1. The second-order valence-corrected chi connectivity index (χ2v) is 5.05. The SMILES string of the molecule is CN1C(=O)C[C@@H](c2ccc(Cl)s2)N=C1N. The molecule has 1 aromatic heterocycles. The van der Waals surface area contributed by atoms with Crippen LogP contribution < -0.4 is 5.73 Å². The highest BCUT2D eigenvalue weighted by Gasteiger charge is 2.26. The Bertz CT molecular complexity index is 429. The number of hydrogen-bond acceptors (Lipinski definition) is 4. The third-order valence-corrected chi connectivity index (χ3v) is 3.63. The molecular formula is C9H10ClN3OS. The standard InChI is InChI=1S/C9H10ClN3OS/c1-13-8(14)4-5(12-9(13)11)6-2-3-7(10)15-6/h2-3,5H,4H2,1H3,(H2,11,12)/t5-/m0/s1. The lowest BCUT2D eigenvalue weighted by Gasteiger charge is -2.24. The van der Waals surface area contributed by atoms with Crippen LogP contribution in [0.2, 0.25) is 4.34 Å². The minimum Gasteiger partial charge on any atom is -0.369 e. The van der Waals surface area contributed by atoms with Crippen LogP contribution in [-0.4, -0.2) is 23.8 Å². The van der Waals surface area contributed by atoms with Crippen molar-refractivity contribution in [3.8, 4) is 0 Å². The molecule has 2 heterocycles. The Balaban J connectivity index is 2.29. The van der Waals surface area contributed by atoms with Crippen LogP contribution in [0, 0.1) is 0 Å². The number of amides is 1. The summed E-state index contributed by atoms with van der Waals surface area (Å²) < 4.78 is 0.699. The molecule has 0 unspecified atom stereocenters. The number of guanidine groups is 1. The Hall–Kier alpha value is -1.07. The molecule has 6 heteroatoms. The average molecular weight is 244 g/mol. The predicted molar refractivity (Wildman–Crippen MR) is 61.1 cm³/mol. The molecule has 2 rings (SSSR count). The molecule has 0 spiro atoms. The summed E-state index contributed by atoms with van der Waals surface area (Å²) in [5.74, 6) is 0.248. The summed E-state index contributed by atoms with van der Waals surface area (Å²) in [4.78, 5) is 18.1. The summed E-state index contributed by atoms with van der Waals surface area (Å²) in [6, 6.07) is 3.51. The van der Waals surface area contributed by atoms with Crippen molar-refractivity contribution >= 4 is 34.8 Å². The summed E-state index contributed by atoms with van der Waals surface area (Å²) >= 11 is 7.26. The number of nitrogens with zero attached hydrogens (tertiary/aromatic N) is 2. The Kier molecular flexibility index (Phi) is 2.67. The minimum atomic E-state index is -0.175. The number of carbonyl (C=O) groups excluding carboxylic acids is 1. The van der Waals surface area contributed by atoms with E-state index in [-0.39, 0.29) is 17.9 Å². The molecule has 0 saturated heterocycles. The van der Waals surface area contributed by atoms with Crippen LogP contribution in [0.5, 0.6) is 0 Å². The first-order valence-corrected chi connectivity index (χ1v) is 5.62. The highest BCUT2D eigenvalue weighted by Crippen LogP contribution is 2.32. The van der Waals surface area contributed by atoms with Gasteiger partial charge in [-0.05, 0) is 12.1 Å². The van der Waals surface area contributed by atoms with Crippen LogP contribution in [0.1, 0.15) is 17.3 Å². The fraction of sp³-hybridized carbons (Fsp3) is 0.333. The zero-order valence-electron chi connectivity index (χ0n) is 8.11. The van der Waals surface area contributed by atoms with Crippen molar-refractivity contribution < 1.29 is 4.79 Å². The Morgan fingerprint density at radius 2 is 2.40 bits per heavy atom. The first-order valence-electron chi connectivity index (χ1n) is 4.43. The van der Waals surface area contributed by atoms with Crippen LogP contribution >= 0.6 is 22.9 Å². The zero-order valence-corrected chi connectivity index (χ0v) is 9.68. The molecule has 0 aliphatic carbocycles. The molecule has 0 saturated carbocycles. The number of rotatable bonds is 1. The normalized spacial score (nSPS) is 21.7. The molecule has 0 fully saturated rings. The fourth-order valence-corrected chi connectivity index (χ4v) is 2.49. The molecule has 1 amide bonds. The van der Waals surface area contributed by atoms with Crippen molar-refractivity contribution in [3.05, 3.63) is 21.3 Å². The summed E-state index contributed by atoms with van der Waals surface area (Å²) in [6.07, 6.45) is 0.355. The second-order valence-electron chi connectivity index (χ2n) is 3.30. The van der Waals surface area contributed by atoms with E-state index in [4.69, 9.17) is 17.3 Å². The van der Waals surface area contributed by atoms with Crippen LogP contribution in [0.25, 0.3) is 0 Å². The van der Waals surface area contributed by atoms with Crippen molar-refractivity contribution in [2.45, 2.75) is 12.5 Å². The number of aliphatic imine (C=N–C) groups is 1. The van der Waals surface area contributed by atoms with E-state index in [2.05, 4.69) is 4.99 Å². The van der Waals surface area contributed by atoms with E-state index in [0.29, 0.717) is 10.8 Å². The Morgan fingerprint density at radius 1 is 1.67 bits per heavy atom.